The first-order valence-corrected chi connectivity index (χ1v) is 20.5. The molecule has 10 atom stereocenters. The number of carbonyl (C=O) groups excluding carboxylic acids is 2. The minimum Gasteiger partial charge on any atom is -0.461 e. The minimum absolute atomic E-state index is 0.0495. The van der Waals surface area contributed by atoms with Crippen LogP contribution in [0.1, 0.15) is 159 Å². The number of nitrogens with one attached hydrogen (secondary N) is 1. The van der Waals surface area contributed by atoms with Gasteiger partial charge >= 0.3 is 5.97 Å². The summed E-state index contributed by atoms with van der Waals surface area (Å²) in [6, 6.07) is 7.07. The molecule has 0 aliphatic heterocycles. The molecule has 0 heterocycles. The molecule has 1 aromatic rings. The number of fused-ring (bicyclic) bond motifs is 7. The van der Waals surface area contributed by atoms with Crippen molar-refractivity contribution in [3.63, 3.8) is 0 Å². The molecule has 6 fully saturated rings. The van der Waals surface area contributed by atoms with Gasteiger partial charge in [0.15, 0.2) is 0 Å². The number of hydrogen-bond acceptors (Lipinski definition) is 4. The molecule has 5 heteroatoms. The molecular formula is C46H65NO4. The number of hydrogen-bond donors (Lipinski definition) is 2. The van der Waals surface area contributed by atoms with Crippen LogP contribution in [0.15, 0.2) is 36.4 Å². The van der Waals surface area contributed by atoms with E-state index in [4.69, 9.17) is 11.2 Å². The van der Waals surface area contributed by atoms with E-state index in [0.717, 1.165) is 70.6 Å². The lowest BCUT2D eigenvalue weighted by atomic mass is 9.32. The van der Waals surface area contributed by atoms with Gasteiger partial charge in [-0.2, -0.15) is 0 Å². The number of allylic oxidation sites excluding steroid dienone is 1. The maximum atomic E-state index is 14.0. The van der Waals surface area contributed by atoms with Crippen molar-refractivity contribution >= 4 is 11.9 Å². The minimum atomic E-state index is -0.657. The van der Waals surface area contributed by atoms with E-state index in [1.807, 2.05) is 12.1 Å². The van der Waals surface area contributed by atoms with Gasteiger partial charge in [0, 0.05) is 5.41 Å². The van der Waals surface area contributed by atoms with Crippen molar-refractivity contribution in [1.82, 2.24) is 5.32 Å². The fourth-order valence-electron chi connectivity index (χ4n) is 14.4. The number of rotatable bonds is 6. The Bertz CT molecular complexity index is 1600. The van der Waals surface area contributed by atoms with E-state index in [1.165, 1.54) is 31.3 Å². The van der Waals surface area contributed by atoms with Gasteiger partial charge in [-0.3, -0.25) is 4.79 Å². The van der Waals surface area contributed by atoms with Crippen LogP contribution >= 0.6 is 0 Å². The Labute approximate surface area is 308 Å². The van der Waals surface area contributed by atoms with Gasteiger partial charge in [0.1, 0.15) is 5.54 Å². The second kappa shape index (κ2) is 12.8. The zero-order chi connectivity index (χ0) is 36.6. The van der Waals surface area contributed by atoms with Crippen molar-refractivity contribution in [2.24, 2.45) is 56.7 Å². The summed E-state index contributed by atoms with van der Waals surface area (Å²) < 4.78 is 6.38. The van der Waals surface area contributed by atoms with E-state index in [9.17, 15) is 14.7 Å². The van der Waals surface area contributed by atoms with Gasteiger partial charge in [-0.25, -0.2) is 4.79 Å². The Kier molecular flexibility index (Phi) is 9.21. The quantitative estimate of drug-likeness (QED) is 0.177. The lowest BCUT2D eigenvalue weighted by Gasteiger charge is -2.73. The third-order valence-electron chi connectivity index (χ3n) is 17.4. The molecule has 0 bridgehead atoms. The molecule has 1 aromatic carbocycles. The van der Waals surface area contributed by atoms with Crippen LogP contribution in [0.25, 0.3) is 0 Å². The standard InChI is InChI=1S/C46H65NO4/c1-9-46(22-13-10-14-23-46)47-39(49)32-15-11-12-16-33(32)40(50)51-29-45-26-19-31(30(2)3)38(45)34-17-18-36-42(6)24-21-37(48)41(4,5)35(42)20-25-44(36,8)43(34,7)27-28-45/h1,11-12,15-16,31,34-38,48H,2,10,13-14,17-29H2,3-8H3,(H,47,49)/t31-,34+,35-,36+,37-,38+,42-,43+,44+,45+/m0/s1. The van der Waals surface area contributed by atoms with Crippen molar-refractivity contribution in [3.8, 4) is 12.3 Å². The Hall–Kier alpha value is -2.58. The smallest absolute Gasteiger partial charge is 0.338 e. The van der Waals surface area contributed by atoms with Crippen LogP contribution in [-0.4, -0.2) is 35.2 Å². The molecule has 6 aliphatic carbocycles. The number of ether oxygens (including phenoxy) is 1. The summed E-state index contributed by atoms with van der Waals surface area (Å²) in [4.78, 5) is 27.7. The largest absolute Gasteiger partial charge is 0.461 e. The number of aliphatic hydroxyl groups excluding tert-OH is 1. The number of esters is 1. The van der Waals surface area contributed by atoms with Crippen LogP contribution in [0.2, 0.25) is 0 Å². The van der Waals surface area contributed by atoms with Gasteiger partial charge in [-0.1, -0.05) is 84.1 Å². The van der Waals surface area contributed by atoms with Crippen molar-refractivity contribution < 1.29 is 19.4 Å². The van der Waals surface area contributed by atoms with Gasteiger partial charge in [0.25, 0.3) is 5.91 Å². The highest BCUT2D eigenvalue weighted by Crippen LogP contribution is 2.77. The molecule has 5 nitrogen and oxygen atoms in total. The molecule has 2 N–H and O–H groups in total. The van der Waals surface area contributed by atoms with Gasteiger partial charge in [0.05, 0.1) is 23.8 Å². The predicted octanol–water partition coefficient (Wildman–Crippen LogP) is 9.93. The fraction of sp³-hybridized carbons (Fsp3) is 0.739. The van der Waals surface area contributed by atoms with Crippen molar-refractivity contribution in [2.45, 2.75) is 149 Å². The summed E-state index contributed by atoms with van der Waals surface area (Å²) >= 11 is 0. The molecule has 0 aromatic heterocycles. The fourth-order valence-corrected chi connectivity index (χ4v) is 14.4. The van der Waals surface area contributed by atoms with Gasteiger partial charge < -0.3 is 15.2 Å². The van der Waals surface area contributed by atoms with Gasteiger partial charge in [0.2, 0.25) is 0 Å². The number of carbonyl (C=O) groups is 2. The normalized spacial score (nSPS) is 42.2. The Morgan fingerprint density at radius 2 is 1.57 bits per heavy atom. The van der Waals surface area contributed by atoms with Gasteiger partial charge in [-0.15, -0.1) is 6.42 Å². The molecule has 0 radical (unpaired) electrons. The first kappa shape index (κ1) is 36.8. The van der Waals surface area contributed by atoms with Crippen LogP contribution in [0.4, 0.5) is 0 Å². The lowest BCUT2D eigenvalue weighted by Crippen LogP contribution is -2.66. The lowest BCUT2D eigenvalue weighted by molar-refractivity contribution is -0.249. The first-order valence-electron chi connectivity index (χ1n) is 20.5. The molecule has 278 valence electrons. The van der Waals surface area contributed by atoms with Crippen LogP contribution < -0.4 is 5.32 Å². The second-order valence-electron chi connectivity index (χ2n) is 19.8. The van der Waals surface area contributed by atoms with Crippen LogP contribution in [0.5, 0.6) is 0 Å². The summed E-state index contributed by atoms with van der Waals surface area (Å²) in [5, 5.41) is 14.3. The van der Waals surface area contributed by atoms with Crippen molar-refractivity contribution in [2.75, 3.05) is 6.61 Å². The van der Waals surface area contributed by atoms with E-state index in [1.54, 1.807) is 12.1 Å². The summed E-state index contributed by atoms with van der Waals surface area (Å²) in [7, 11) is 0. The average Bonchev–Trinajstić information content (AvgIpc) is 3.50. The summed E-state index contributed by atoms with van der Waals surface area (Å²) in [6.07, 6.45) is 21.7. The number of benzene rings is 1. The zero-order valence-electron chi connectivity index (χ0n) is 32.5. The maximum absolute atomic E-state index is 14.0. The third kappa shape index (κ3) is 5.50. The highest BCUT2D eigenvalue weighted by Gasteiger charge is 2.71. The highest BCUT2D eigenvalue weighted by atomic mass is 16.5. The molecule has 0 saturated heterocycles. The number of terminal acetylenes is 1. The molecule has 0 spiro atoms. The van der Waals surface area contributed by atoms with Crippen LogP contribution in [0, 0.1) is 69.0 Å². The molecule has 6 aliphatic rings. The molecule has 7 rings (SSSR count). The van der Waals surface area contributed by atoms with Crippen LogP contribution in [0.3, 0.4) is 0 Å². The number of aliphatic hydroxyl groups is 1. The van der Waals surface area contributed by atoms with Crippen LogP contribution in [-0.2, 0) is 4.74 Å². The predicted molar refractivity (Wildman–Crippen MR) is 204 cm³/mol. The first-order chi connectivity index (χ1) is 24.1. The molecule has 51 heavy (non-hydrogen) atoms. The monoisotopic (exact) mass is 695 g/mol. The Morgan fingerprint density at radius 3 is 2.25 bits per heavy atom. The van der Waals surface area contributed by atoms with Crippen molar-refractivity contribution in [1.29, 1.82) is 0 Å². The van der Waals surface area contributed by atoms with E-state index in [0.29, 0.717) is 47.3 Å². The summed E-state index contributed by atoms with van der Waals surface area (Å²) in [5.41, 5.74) is 1.80. The van der Waals surface area contributed by atoms with Gasteiger partial charge in [-0.05, 0) is 147 Å². The van der Waals surface area contributed by atoms with E-state index < -0.39 is 11.5 Å². The van der Waals surface area contributed by atoms with E-state index in [-0.39, 0.29) is 39.1 Å². The second-order valence-corrected chi connectivity index (χ2v) is 19.8. The summed E-state index contributed by atoms with van der Waals surface area (Å²) in [6.45, 7) is 19.7. The number of amides is 1. The maximum Gasteiger partial charge on any atom is 0.338 e. The third-order valence-corrected chi connectivity index (χ3v) is 17.4. The molecule has 1 amide bonds. The topological polar surface area (TPSA) is 75.6 Å². The summed E-state index contributed by atoms with van der Waals surface area (Å²) in [5.74, 6) is 4.77. The SMILES string of the molecule is C#CC1(NC(=O)c2ccccc2C(=O)OC[C@]23CC[C@@H](C(=C)C)[C@@H]2[C@H]2CC[C@@H]4[C@@]5(C)CC[C@H](O)C(C)(C)[C@@H]5CC[C@@]4(C)[C@]2(C)CC3)CCCCC1. The highest BCUT2D eigenvalue weighted by molar-refractivity contribution is 6.05. The molecule has 6 saturated carbocycles. The average molecular weight is 696 g/mol. The molecule has 0 unspecified atom stereocenters. The molecular weight excluding hydrogens is 631 g/mol. The zero-order valence-corrected chi connectivity index (χ0v) is 32.5. The van der Waals surface area contributed by atoms with Crippen molar-refractivity contribution in [3.05, 3.63) is 47.5 Å². The van der Waals surface area contributed by atoms with E-state index >= 15 is 0 Å². The van der Waals surface area contributed by atoms with E-state index in [2.05, 4.69) is 59.4 Å². The Balaban J connectivity index is 1.14. The Morgan fingerprint density at radius 1 is 0.863 bits per heavy atom.